The van der Waals surface area contributed by atoms with Crippen LogP contribution in [0.5, 0.6) is 5.75 Å². The average Bonchev–Trinajstić information content (AvgIpc) is 2.75. The van der Waals surface area contributed by atoms with Gasteiger partial charge in [-0.25, -0.2) is 12.8 Å². The van der Waals surface area contributed by atoms with E-state index in [-0.39, 0.29) is 23.9 Å². The Morgan fingerprint density at radius 2 is 1.77 bits per heavy atom. The van der Waals surface area contributed by atoms with Gasteiger partial charge in [0.25, 0.3) is 0 Å². The highest BCUT2D eigenvalue weighted by Crippen LogP contribution is 2.20. The molecule has 8 heteroatoms. The number of aryl methyl sites for hydroxylation is 2. The number of sulfonamides is 1. The number of nitrogens with zero attached hydrogens (tertiary/aromatic N) is 2. The van der Waals surface area contributed by atoms with Crippen LogP contribution in [0.15, 0.2) is 47.4 Å². The van der Waals surface area contributed by atoms with E-state index in [9.17, 15) is 17.6 Å². The summed E-state index contributed by atoms with van der Waals surface area (Å²) in [5, 5.41) is 0. The van der Waals surface area contributed by atoms with Crippen LogP contribution in [0, 0.1) is 19.7 Å². The molecule has 0 atom stereocenters. The lowest BCUT2D eigenvalue weighted by molar-refractivity contribution is -0.132. The minimum Gasteiger partial charge on any atom is -0.493 e. The molecule has 168 valence electrons. The number of ether oxygens (including phenoxy) is 1. The van der Waals surface area contributed by atoms with Crippen molar-refractivity contribution in [3.8, 4) is 5.75 Å². The van der Waals surface area contributed by atoms with Gasteiger partial charge in [0, 0.05) is 32.6 Å². The zero-order valence-electron chi connectivity index (χ0n) is 18.0. The molecular formula is C23H29FN2O4S. The predicted molar refractivity (Wildman–Crippen MR) is 117 cm³/mol. The molecule has 31 heavy (non-hydrogen) atoms. The van der Waals surface area contributed by atoms with Gasteiger partial charge in [0.1, 0.15) is 11.6 Å². The van der Waals surface area contributed by atoms with Crippen molar-refractivity contribution in [3.05, 3.63) is 59.4 Å². The van der Waals surface area contributed by atoms with Crippen molar-refractivity contribution in [3.63, 3.8) is 0 Å². The second-order valence-corrected chi connectivity index (χ2v) is 9.75. The van der Waals surface area contributed by atoms with Gasteiger partial charge in [-0.05, 0) is 62.1 Å². The van der Waals surface area contributed by atoms with E-state index in [0.717, 1.165) is 29.4 Å². The van der Waals surface area contributed by atoms with Gasteiger partial charge in [-0.3, -0.25) is 4.79 Å². The molecule has 1 fully saturated rings. The first kappa shape index (κ1) is 23.2. The minimum absolute atomic E-state index is 0.0227. The van der Waals surface area contributed by atoms with E-state index in [1.807, 2.05) is 32.0 Å². The lowest BCUT2D eigenvalue weighted by Crippen LogP contribution is -2.50. The second kappa shape index (κ2) is 10.2. The molecule has 2 aromatic rings. The SMILES string of the molecule is Cc1ccc(C)c(OCCCCC(=O)N2CCN(S(=O)(=O)c3cccc(F)c3)CC2)c1. The first-order chi connectivity index (χ1) is 14.8. The van der Waals surface area contributed by atoms with E-state index >= 15 is 0 Å². The Labute approximate surface area is 183 Å². The molecule has 0 unspecified atom stereocenters. The summed E-state index contributed by atoms with van der Waals surface area (Å²) in [6, 6.07) is 11.1. The highest BCUT2D eigenvalue weighted by molar-refractivity contribution is 7.89. The molecule has 0 saturated carbocycles. The van der Waals surface area contributed by atoms with E-state index in [0.29, 0.717) is 32.5 Å². The van der Waals surface area contributed by atoms with Gasteiger partial charge in [-0.2, -0.15) is 4.31 Å². The zero-order valence-corrected chi connectivity index (χ0v) is 18.8. The number of halogens is 1. The Morgan fingerprint density at radius 1 is 1.03 bits per heavy atom. The summed E-state index contributed by atoms with van der Waals surface area (Å²) >= 11 is 0. The van der Waals surface area contributed by atoms with E-state index in [1.54, 1.807) is 4.90 Å². The molecule has 0 aliphatic carbocycles. The summed E-state index contributed by atoms with van der Waals surface area (Å²) in [7, 11) is -3.75. The van der Waals surface area contributed by atoms with Gasteiger partial charge >= 0.3 is 0 Å². The van der Waals surface area contributed by atoms with Crippen molar-refractivity contribution in [2.75, 3.05) is 32.8 Å². The predicted octanol–water partition coefficient (Wildman–Crippen LogP) is 3.52. The molecule has 0 spiro atoms. The number of benzene rings is 2. The average molecular weight is 449 g/mol. The van der Waals surface area contributed by atoms with Crippen LogP contribution in [-0.2, 0) is 14.8 Å². The molecular weight excluding hydrogens is 419 g/mol. The Morgan fingerprint density at radius 3 is 2.48 bits per heavy atom. The van der Waals surface area contributed by atoms with Gasteiger partial charge in [-0.15, -0.1) is 0 Å². The number of hydrogen-bond donors (Lipinski definition) is 0. The Kier molecular flexibility index (Phi) is 7.67. The van der Waals surface area contributed by atoms with Crippen molar-refractivity contribution >= 4 is 15.9 Å². The van der Waals surface area contributed by atoms with Crippen LogP contribution in [0.25, 0.3) is 0 Å². The Balaban J connectivity index is 1.40. The lowest BCUT2D eigenvalue weighted by Gasteiger charge is -2.34. The molecule has 0 bridgehead atoms. The maximum Gasteiger partial charge on any atom is 0.243 e. The number of rotatable bonds is 8. The second-order valence-electron chi connectivity index (χ2n) is 7.82. The fraction of sp³-hybridized carbons (Fsp3) is 0.435. The monoisotopic (exact) mass is 448 g/mol. The first-order valence-corrected chi connectivity index (χ1v) is 11.9. The minimum atomic E-state index is -3.75. The van der Waals surface area contributed by atoms with Crippen LogP contribution in [-0.4, -0.2) is 56.3 Å². The molecule has 1 heterocycles. The number of piperazine rings is 1. The Bertz CT molecular complexity index is 1020. The van der Waals surface area contributed by atoms with E-state index in [4.69, 9.17) is 4.74 Å². The van der Waals surface area contributed by atoms with Gasteiger partial charge < -0.3 is 9.64 Å². The number of hydrogen-bond acceptors (Lipinski definition) is 4. The molecule has 1 saturated heterocycles. The third-order valence-electron chi connectivity index (χ3n) is 5.41. The summed E-state index contributed by atoms with van der Waals surface area (Å²) in [6.45, 7) is 5.68. The highest BCUT2D eigenvalue weighted by Gasteiger charge is 2.30. The molecule has 0 radical (unpaired) electrons. The summed E-state index contributed by atoms with van der Waals surface area (Å²) in [5.41, 5.74) is 2.24. The topological polar surface area (TPSA) is 66.9 Å². The van der Waals surface area contributed by atoms with Crippen LogP contribution in [0.2, 0.25) is 0 Å². The first-order valence-electron chi connectivity index (χ1n) is 10.5. The van der Waals surface area contributed by atoms with Crippen molar-refractivity contribution in [2.24, 2.45) is 0 Å². The van der Waals surface area contributed by atoms with Gasteiger partial charge in [-0.1, -0.05) is 18.2 Å². The summed E-state index contributed by atoms with van der Waals surface area (Å²) in [5.74, 6) is 0.313. The fourth-order valence-corrected chi connectivity index (χ4v) is 4.99. The third kappa shape index (κ3) is 6.04. The standard InChI is InChI=1S/C23H29FN2O4S/c1-18-9-10-19(2)22(16-18)30-15-4-3-8-23(27)25-11-13-26(14-12-25)31(28,29)21-7-5-6-20(24)17-21/h5-7,9-10,16-17H,3-4,8,11-15H2,1-2H3. The summed E-state index contributed by atoms with van der Waals surface area (Å²) in [6.07, 6.45) is 1.89. The molecule has 0 aromatic heterocycles. The van der Waals surface area contributed by atoms with Gasteiger partial charge in [0.2, 0.25) is 15.9 Å². The van der Waals surface area contributed by atoms with E-state index in [2.05, 4.69) is 0 Å². The van der Waals surface area contributed by atoms with Crippen LogP contribution in [0.1, 0.15) is 30.4 Å². The Hall–Kier alpha value is -2.45. The molecule has 1 aliphatic heterocycles. The van der Waals surface area contributed by atoms with E-state index in [1.165, 1.54) is 22.5 Å². The normalized spacial score (nSPS) is 15.1. The highest BCUT2D eigenvalue weighted by atomic mass is 32.2. The zero-order chi connectivity index (χ0) is 22.4. The smallest absolute Gasteiger partial charge is 0.243 e. The summed E-state index contributed by atoms with van der Waals surface area (Å²) in [4.78, 5) is 14.1. The summed E-state index contributed by atoms with van der Waals surface area (Å²) < 4.78 is 45.9. The van der Waals surface area contributed by atoms with Crippen molar-refractivity contribution in [1.29, 1.82) is 0 Å². The number of amides is 1. The van der Waals surface area contributed by atoms with Gasteiger partial charge in [0.15, 0.2) is 0 Å². The quantitative estimate of drug-likeness (QED) is 0.580. The van der Waals surface area contributed by atoms with Crippen molar-refractivity contribution < 1.29 is 22.3 Å². The van der Waals surface area contributed by atoms with Crippen LogP contribution in [0.3, 0.4) is 0 Å². The lowest BCUT2D eigenvalue weighted by atomic mass is 10.1. The molecule has 1 amide bonds. The van der Waals surface area contributed by atoms with Crippen molar-refractivity contribution in [2.45, 2.75) is 38.0 Å². The number of carbonyl (C=O) groups is 1. The molecule has 6 nitrogen and oxygen atoms in total. The number of carbonyl (C=O) groups excluding carboxylic acids is 1. The maximum absolute atomic E-state index is 13.4. The molecule has 2 aromatic carbocycles. The molecule has 1 aliphatic rings. The fourth-order valence-electron chi connectivity index (χ4n) is 3.54. The third-order valence-corrected chi connectivity index (χ3v) is 7.31. The van der Waals surface area contributed by atoms with E-state index < -0.39 is 15.8 Å². The van der Waals surface area contributed by atoms with Crippen LogP contribution < -0.4 is 4.74 Å². The van der Waals surface area contributed by atoms with Crippen LogP contribution in [0.4, 0.5) is 4.39 Å². The largest absolute Gasteiger partial charge is 0.493 e. The maximum atomic E-state index is 13.4. The molecule has 0 N–H and O–H groups in total. The van der Waals surface area contributed by atoms with Crippen molar-refractivity contribution in [1.82, 2.24) is 9.21 Å². The number of unbranched alkanes of at least 4 members (excludes halogenated alkanes) is 1. The van der Waals surface area contributed by atoms with Crippen LogP contribution >= 0.6 is 0 Å². The molecule has 3 rings (SSSR count). The van der Waals surface area contributed by atoms with Gasteiger partial charge in [0.05, 0.1) is 11.5 Å².